The fraction of sp³-hybridized carbons (Fsp3) is 0.667. The summed E-state index contributed by atoms with van der Waals surface area (Å²) in [6, 6.07) is 0. The predicted octanol–water partition coefficient (Wildman–Crippen LogP) is 1.57. The van der Waals surface area contributed by atoms with Gasteiger partial charge in [0.25, 0.3) is 0 Å². The van der Waals surface area contributed by atoms with Crippen LogP contribution in [0, 0.1) is 0 Å². The van der Waals surface area contributed by atoms with E-state index >= 15 is 0 Å². The van der Waals surface area contributed by atoms with Crippen LogP contribution in [0.2, 0.25) is 0 Å². The van der Waals surface area contributed by atoms with Crippen LogP contribution in [0.3, 0.4) is 0 Å². The molecular weight excluding hydrogens is 156 g/mol. The van der Waals surface area contributed by atoms with Crippen molar-refractivity contribution in [2.75, 3.05) is 6.61 Å². The molecule has 2 N–H and O–H groups in total. The summed E-state index contributed by atoms with van der Waals surface area (Å²) in [4.78, 5) is 10.0. The minimum atomic E-state index is -0.884. The van der Waals surface area contributed by atoms with Crippen molar-refractivity contribution < 1.29 is 15.0 Å². The lowest BCUT2D eigenvalue weighted by Crippen LogP contribution is -1.86. The summed E-state index contributed by atoms with van der Waals surface area (Å²) >= 11 is 0. The molecule has 0 aromatic rings. The molecule has 0 spiro atoms. The van der Waals surface area contributed by atoms with E-state index in [9.17, 15) is 4.79 Å². The molecule has 0 unspecified atom stereocenters. The van der Waals surface area contributed by atoms with E-state index in [1.54, 1.807) is 6.08 Å². The molecule has 0 aromatic heterocycles. The molecule has 0 aliphatic rings. The van der Waals surface area contributed by atoms with Gasteiger partial charge in [-0.25, -0.2) is 4.79 Å². The van der Waals surface area contributed by atoms with Crippen molar-refractivity contribution in [1.82, 2.24) is 0 Å². The van der Waals surface area contributed by atoms with Gasteiger partial charge in [0.15, 0.2) is 0 Å². The van der Waals surface area contributed by atoms with E-state index in [2.05, 4.69) is 0 Å². The summed E-state index contributed by atoms with van der Waals surface area (Å²) in [5.41, 5.74) is 0. The maximum absolute atomic E-state index is 10.0. The molecule has 0 rings (SSSR count). The minimum absolute atomic E-state index is 0.255. The molecule has 0 aromatic carbocycles. The number of hydrogen-bond donors (Lipinski definition) is 2. The zero-order valence-electron chi connectivity index (χ0n) is 7.20. The maximum atomic E-state index is 10.0. The van der Waals surface area contributed by atoms with Crippen LogP contribution in [-0.4, -0.2) is 22.8 Å². The van der Waals surface area contributed by atoms with Crippen molar-refractivity contribution in [1.29, 1.82) is 0 Å². The Kier molecular flexibility index (Phi) is 7.70. The Balaban J connectivity index is 3.05. The summed E-state index contributed by atoms with van der Waals surface area (Å²) in [7, 11) is 0. The smallest absolute Gasteiger partial charge is 0.327 e. The molecular formula is C9H16O3. The fourth-order valence-corrected chi connectivity index (χ4v) is 0.912. The lowest BCUT2D eigenvalue weighted by Gasteiger charge is -1.94. The molecule has 0 fully saturated rings. The average molecular weight is 172 g/mol. The monoisotopic (exact) mass is 172 g/mol. The van der Waals surface area contributed by atoms with E-state index in [1.165, 1.54) is 6.08 Å². The highest BCUT2D eigenvalue weighted by Gasteiger charge is 1.88. The molecule has 0 saturated heterocycles. The van der Waals surface area contributed by atoms with Crippen molar-refractivity contribution in [3.8, 4) is 0 Å². The van der Waals surface area contributed by atoms with Crippen LogP contribution in [0.1, 0.15) is 32.1 Å². The Hall–Kier alpha value is -0.830. The van der Waals surface area contributed by atoms with E-state index in [0.29, 0.717) is 0 Å². The predicted molar refractivity (Wildman–Crippen MR) is 46.9 cm³/mol. The lowest BCUT2D eigenvalue weighted by atomic mass is 10.1. The molecule has 0 saturated carbocycles. The maximum Gasteiger partial charge on any atom is 0.327 e. The van der Waals surface area contributed by atoms with Crippen molar-refractivity contribution in [2.24, 2.45) is 0 Å². The van der Waals surface area contributed by atoms with E-state index in [4.69, 9.17) is 10.2 Å². The van der Waals surface area contributed by atoms with Gasteiger partial charge in [-0.15, -0.1) is 0 Å². The minimum Gasteiger partial charge on any atom is -0.478 e. The standard InChI is InChI=1S/C9H16O3/c10-8-6-4-2-1-3-5-7-9(11)12/h5,7,10H,1-4,6,8H2,(H,11,12)/b7-5+. The molecule has 0 bridgehead atoms. The molecule has 0 aliphatic carbocycles. The normalized spacial score (nSPS) is 10.8. The molecule has 70 valence electrons. The van der Waals surface area contributed by atoms with Gasteiger partial charge in [0.05, 0.1) is 0 Å². The first kappa shape index (κ1) is 11.2. The van der Waals surface area contributed by atoms with Gasteiger partial charge in [0.1, 0.15) is 0 Å². The van der Waals surface area contributed by atoms with Crippen LogP contribution in [0.25, 0.3) is 0 Å². The zero-order valence-corrected chi connectivity index (χ0v) is 7.20. The molecule has 0 heterocycles. The summed E-state index contributed by atoms with van der Waals surface area (Å²) in [5.74, 6) is -0.884. The Morgan fingerprint density at radius 3 is 2.42 bits per heavy atom. The number of unbranched alkanes of at least 4 members (excludes halogenated alkanes) is 4. The Bertz CT molecular complexity index is 141. The number of hydrogen-bond acceptors (Lipinski definition) is 2. The van der Waals surface area contributed by atoms with Crippen molar-refractivity contribution in [2.45, 2.75) is 32.1 Å². The van der Waals surface area contributed by atoms with E-state index in [-0.39, 0.29) is 6.61 Å². The topological polar surface area (TPSA) is 57.5 Å². The van der Waals surface area contributed by atoms with E-state index in [1.807, 2.05) is 0 Å². The van der Waals surface area contributed by atoms with Crippen LogP contribution >= 0.6 is 0 Å². The first-order chi connectivity index (χ1) is 5.77. The zero-order chi connectivity index (χ0) is 9.23. The van der Waals surface area contributed by atoms with Gasteiger partial charge in [-0.3, -0.25) is 0 Å². The van der Waals surface area contributed by atoms with Crippen LogP contribution in [0.15, 0.2) is 12.2 Å². The van der Waals surface area contributed by atoms with Gasteiger partial charge in [-0.05, 0) is 19.3 Å². The van der Waals surface area contributed by atoms with Crippen LogP contribution in [0.4, 0.5) is 0 Å². The number of rotatable bonds is 7. The van der Waals surface area contributed by atoms with Crippen LogP contribution < -0.4 is 0 Å². The summed E-state index contributed by atoms with van der Waals surface area (Å²) in [5, 5.41) is 16.7. The van der Waals surface area contributed by atoms with Gasteiger partial charge in [-0.2, -0.15) is 0 Å². The third-order valence-electron chi connectivity index (χ3n) is 1.54. The van der Waals surface area contributed by atoms with Crippen molar-refractivity contribution in [3.05, 3.63) is 12.2 Å². The first-order valence-electron chi connectivity index (χ1n) is 4.27. The number of carbonyl (C=O) groups is 1. The molecule has 0 aliphatic heterocycles. The third kappa shape index (κ3) is 9.17. The highest BCUT2D eigenvalue weighted by Crippen LogP contribution is 2.02. The summed E-state index contributed by atoms with van der Waals surface area (Å²) in [6.07, 6.45) is 7.60. The first-order valence-corrected chi connectivity index (χ1v) is 4.27. The largest absolute Gasteiger partial charge is 0.478 e. The van der Waals surface area contributed by atoms with Crippen LogP contribution in [0.5, 0.6) is 0 Å². The second-order valence-corrected chi connectivity index (χ2v) is 2.67. The molecule has 3 heteroatoms. The van der Waals surface area contributed by atoms with E-state index in [0.717, 1.165) is 32.1 Å². The molecule has 3 nitrogen and oxygen atoms in total. The Morgan fingerprint density at radius 1 is 1.17 bits per heavy atom. The van der Waals surface area contributed by atoms with Crippen molar-refractivity contribution >= 4 is 5.97 Å². The highest BCUT2D eigenvalue weighted by atomic mass is 16.4. The SMILES string of the molecule is O=C(O)/C=C/CCCCCCO. The average Bonchev–Trinajstić information content (AvgIpc) is 2.02. The van der Waals surface area contributed by atoms with Gasteiger partial charge in [0.2, 0.25) is 0 Å². The third-order valence-corrected chi connectivity index (χ3v) is 1.54. The van der Waals surface area contributed by atoms with Gasteiger partial charge >= 0.3 is 5.97 Å². The van der Waals surface area contributed by atoms with E-state index < -0.39 is 5.97 Å². The highest BCUT2D eigenvalue weighted by molar-refractivity contribution is 5.79. The number of aliphatic hydroxyl groups excluding tert-OH is 1. The second kappa shape index (κ2) is 8.27. The van der Waals surface area contributed by atoms with Crippen LogP contribution in [-0.2, 0) is 4.79 Å². The fourth-order valence-electron chi connectivity index (χ4n) is 0.912. The summed E-state index contributed by atoms with van der Waals surface area (Å²) in [6.45, 7) is 0.255. The number of aliphatic carboxylic acids is 1. The number of allylic oxidation sites excluding steroid dienone is 1. The number of carboxylic acid groups (broad SMARTS) is 1. The number of carboxylic acids is 1. The molecule has 12 heavy (non-hydrogen) atoms. The molecule has 0 amide bonds. The quantitative estimate of drug-likeness (QED) is 0.452. The Labute approximate surface area is 72.7 Å². The summed E-state index contributed by atoms with van der Waals surface area (Å²) < 4.78 is 0. The molecule has 0 atom stereocenters. The lowest BCUT2D eigenvalue weighted by molar-refractivity contribution is -0.131. The molecule has 0 radical (unpaired) electrons. The van der Waals surface area contributed by atoms with Gasteiger partial charge < -0.3 is 10.2 Å². The van der Waals surface area contributed by atoms with Gasteiger partial charge in [-0.1, -0.05) is 18.9 Å². The Morgan fingerprint density at radius 2 is 1.83 bits per heavy atom. The second-order valence-electron chi connectivity index (χ2n) is 2.67. The van der Waals surface area contributed by atoms with Gasteiger partial charge in [0, 0.05) is 12.7 Å². The van der Waals surface area contributed by atoms with Crippen molar-refractivity contribution in [3.63, 3.8) is 0 Å². The number of aliphatic hydroxyl groups is 1.